The number of amides is 4. The average molecular weight is 617 g/mol. The first-order valence-electron chi connectivity index (χ1n) is 14.5. The van der Waals surface area contributed by atoms with E-state index >= 15 is 0 Å². The maximum Gasteiger partial charge on any atom is 0.357 e. The topological polar surface area (TPSA) is 251 Å². The van der Waals surface area contributed by atoms with Crippen LogP contribution in [0.15, 0.2) is 0 Å². The third kappa shape index (κ3) is 12.2. The molecule has 3 unspecified atom stereocenters. The summed E-state index contributed by atoms with van der Waals surface area (Å²) in [6.07, 6.45) is 5.26. The lowest BCUT2D eigenvalue weighted by Crippen LogP contribution is -2.59. The van der Waals surface area contributed by atoms with Crippen molar-refractivity contribution in [1.29, 1.82) is 0 Å². The highest BCUT2D eigenvalue weighted by atomic mass is 16.5. The number of rotatable bonds is 22. The van der Waals surface area contributed by atoms with E-state index in [-0.39, 0.29) is 32.4 Å². The molecule has 0 radical (unpaired) electrons. The van der Waals surface area contributed by atoms with Gasteiger partial charge >= 0.3 is 17.9 Å². The van der Waals surface area contributed by atoms with Gasteiger partial charge in [-0.1, -0.05) is 45.4 Å². The lowest BCUT2D eigenvalue weighted by molar-refractivity contribution is -0.188. The standard InChI is InChI=1S/C27H44N4O12/c1-2-3-4-5-6-7-8-10-21(33)30(43)16-9-14-29-23(35)18(24(36)37)17-20(32)28-15-12-19(25(38)39)31-22(34)11-13-27(31,42)26(40)41/h18-19,42-43H,2-17H2,1H3,(H,28,32)(H,29,35)(H,36,37)(H,38,39)(H,40,41). The SMILES string of the molecule is CCCCCCCCCC(=O)N(O)CCCNC(=O)C(CC(=O)NCCC(C(=O)O)N1C(=O)CCC1(O)C(=O)O)C(=O)O. The largest absolute Gasteiger partial charge is 0.481 e. The van der Waals surface area contributed by atoms with Crippen LogP contribution in [0.25, 0.3) is 0 Å². The average Bonchev–Trinajstić information content (AvgIpc) is 3.25. The summed E-state index contributed by atoms with van der Waals surface area (Å²) in [5, 5.41) is 53.5. The maximum atomic E-state index is 12.4. The summed E-state index contributed by atoms with van der Waals surface area (Å²) < 4.78 is 0. The summed E-state index contributed by atoms with van der Waals surface area (Å²) in [6.45, 7) is 1.53. The molecule has 16 heteroatoms. The van der Waals surface area contributed by atoms with Crippen molar-refractivity contribution >= 4 is 41.5 Å². The lowest BCUT2D eigenvalue weighted by Gasteiger charge is -2.34. The van der Waals surface area contributed by atoms with Gasteiger partial charge in [-0.05, 0) is 19.3 Å². The minimum Gasteiger partial charge on any atom is -0.481 e. The number of nitrogens with zero attached hydrogens (tertiary/aromatic N) is 2. The van der Waals surface area contributed by atoms with Gasteiger partial charge in [0, 0.05) is 38.8 Å². The van der Waals surface area contributed by atoms with E-state index in [0.29, 0.717) is 16.4 Å². The van der Waals surface area contributed by atoms with Crippen LogP contribution in [0.5, 0.6) is 0 Å². The number of hydrogen-bond acceptors (Lipinski definition) is 9. The Morgan fingerprint density at radius 3 is 2.12 bits per heavy atom. The van der Waals surface area contributed by atoms with Crippen LogP contribution >= 0.6 is 0 Å². The van der Waals surface area contributed by atoms with Crippen molar-refractivity contribution in [2.24, 2.45) is 5.92 Å². The molecular weight excluding hydrogens is 572 g/mol. The van der Waals surface area contributed by atoms with Crippen LogP contribution in [0.2, 0.25) is 0 Å². The van der Waals surface area contributed by atoms with Crippen LogP contribution < -0.4 is 10.6 Å². The molecule has 7 N–H and O–H groups in total. The molecule has 244 valence electrons. The molecule has 4 amide bonds. The molecule has 16 nitrogen and oxygen atoms in total. The van der Waals surface area contributed by atoms with Crippen LogP contribution in [-0.4, -0.2) is 109 Å². The van der Waals surface area contributed by atoms with Crippen LogP contribution in [0, 0.1) is 5.92 Å². The Bertz CT molecular complexity index is 1010. The molecule has 43 heavy (non-hydrogen) atoms. The second-order valence-electron chi connectivity index (χ2n) is 10.5. The Balaban J connectivity index is 2.46. The highest BCUT2D eigenvalue weighted by Crippen LogP contribution is 2.31. The maximum absolute atomic E-state index is 12.4. The predicted octanol–water partition coefficient (Wildman–Crippen LogP) is 0.297. The molecule has 0 bridgehead atoms. The van der Waals surface area contributed by atoms with Crippen LogP contribution in [-0.2, 0) is 33.6 Å². The van der Waals surface area contributed by atoms with Gasteiger partial charge in [0.2, 0.25) is 29.4 Å². The quantitative estimate of drug-likeness (QED) is 0.0375. The fourth-order valence-corrected chi connectivity index (χ4v) is 4.68. The summed E-state index contributed by atoms with van der Waals surface area (Å²) in [5.74, 6) is -10.1. The molecule has 1 heterocycles. The van der Waals surface area contributed by atoms with E-state index in [1.165, 1.54) is 6.42 Å². The molecular formula is C27H44N4O12. The molecule has 1 aliphatic heterocycles. The van der Waals surface area contributed by atoms with E-state index in [9.17, 15) is 59.2 Å². The molecule has 1 rings (SSSR count). The van der Waals surface area contributed by atoms with Crippen molar-refractivity contribution in [3.05, 3.63) is 0 Å². The fourth-order valence-electron chi connectivity index (χ4n) is 4.68. The van der Waals surface area contributed by atoms with E-state index in [1.807, 2.05) is 0 Å². The van der Waals surface area contributed by atoms with E-state index in [1.54, 1.807) is 0 Å². The smallest absolute Gasteiger partial charge is 0.357 e. The lowest BCUT2D eigenvalue weighted by atomic mass is 10.0. The minimum absolute atomic E-state index is 0.0807. The summed E-state index contributed by atoms with van der Waals surface area (Å²) in [4.78, 5) is 83.9. The predicted molar refractivity (Wildman–Crippen MR) is 147 cm³/mol. The Kier molecular flexibility index (Phi) is 16.2. The van der Waals surface area contributed by atoms with Crippen molar-refractivity contribution in [2.75, 3.05) is 19.6 Å². The number of unbranched alkanes of at least 4 members (excludes halogenated alkanes) is 6. The third-order valence-corrected chi connectivity index (χ3v) is 7.17. The number of likely N-dealkylation sites (tertiary alicyclic amines) is 1. The van der Waals surface area contributed by atoms with Gasteiger partial charge in [-0.15, -0.1) is 0 Å². The number of carboxylic acids is 3. The minimum atomic E-state index is -2.72. The molecule has 0 aromatic heterocycles. The van der Waals surface area contributed by atoms with Gasteiger partial charge in [0.25, 0.3) is 0 Å². The second kappa shape index (κ2) is 18.7. The highest BCUT2D eigenvalue weighted by Gasteiger charge is 2.54. The zero-order chi connectivity index (χ0) is 32.6. The Hall–Kier alpha value is -3.79. The molecule has 0 aliphatic carbocycles. The zero-order valence-corrected chi connectivity index (χ0v) is 24.5. The van der Waals surface area contributed by atoms with Crippen molar-refractivity contribution < 1.29 is 59.2 Å². The van der Waals surface area contributed by atoms with Crippen molar-refractivity contribution in [3.63, 3.8) is 0 Å². The van der Waals surface area contributed by atoms with Crippen LogP contribution in [0.1, 0.15) is 90.4 Å². The van der Waals surface area contributed by atoms with Crippen LogP contribution in [0.3, 0.4) is 0 Å². The first kappa shape index (κ1) is 37.2. The number of carboxylic acid groups (broad SMARTS) is 3. The molecule has 3 atom stereocenters. The Labute approximate surface area is 249 Å². The van der Waals surface area contributed by atoms with E-state index in [4.69, 9.17) is 0 Å². The summed E-state index contributed by atoms with van der Waals surface area (Å²) in [6, 6.07) is -1.79. The van der Waals surface area contributed by atoms with E-state index in [2.05, 4.69) is 17.6 Å². The summed E-state index contributed by atoms with van der Waals surface area (Å²) >= 11 is 0. The summed E-state index contributed by atoms with van der Waals surface area (Å²) in [7, 11) is 0. The molecule has 1 aliphatic rings. The molecule has 1 fully saturated rings. The number of hydroxylamine groups is 2. The van der Waals surface area contributed by atoms with Gasteiger partial charge in [0.05, 0.1) is 6.54 Å². The van der Waals surface area contributed by atoms with Crippen LogP contribution in [0.4, 0.5) is 0 Å². The van der Waals surface area contributed by atoms with Crippen molar-refractivity contribution in [1.82, 2.24) is 20.6 Å². The van der Waals surface area contributed by atoms with Gasteiger partial charge in [0.15, 0.2) is 0 Å². The van der Waals surface area contributed by atoms with Crippen molar-refractivity contribution in [2.45, 2.75) is 102 Å². The fraction of sp³-hybridized carbons (Fsp3) is 0.741. The summed E-state index contributed by atoms with van der Waals surface area (Å²) in [5.41, 5.74) is -2.72. The third-order valence-electron chi connectivity index (χ3n) is 7.17. The highest BCUT2D eigenvalue weighted by molar-refractivity contribution is 6.00. The van der Waals surface area contributed by atoms with E-state index in [0.717, 1.165) is 32.1 Å². The number of carbonyl (C=O) groups excluding carboxylic acids is 4. The number of carbonyl (C=O) groups is 7. The number of nitrogens with one attached hydrogen (secondary N) is 2. The Morgan fingerprint density at radius 2 is 1.53 bits per heavy atom. The second-order valence-corrected chi connectivity index (χ2v) is 10.5. The number of aliphatic carboxylic acids is 3. The van der Waals surface area contributed by atoms with Crippen molar-refractivity contribution in [3.8, 4) is 0 Å². The Morgan fingerprint density at radius 1 is 0.907 bits per heavy atom. The van der Waals surface area contributed by atoms with Gasteiger partial charge < -0.3 is 31.1 Å². The first-order chi connectivity index (χ1) is 20.3. The van der Waals surface area contributed by atoms with E-state index < -0.39 is 85.0 Å². The molecule has 0 spiro atoms. The molecule has 0 aromatic carbocycles. The van der Waals surface area contributed by atoms with Gasteiger partial charge in [0.1, 0.15) is 12.0 Å². The molecule has 1 saturated heterocycles. The normalized spacial score (nSPS) is 17.7. The van der Waals surface area contributed by atoms with Gasteiger partial charge in [-0.2, -0.15) is 0 Å². The molecule has 0 saturated carbocycles. The zero-order valence-electron chi connectivity index (χ0n) is 24.5. The first-order valence-corrected chi connectivity index (χ1v) is 14.5. The monoisotopic (exact) mass is 616 g/mol. The van der Waals surface area contributed by atoms with Gasteiger partial charge in [-0.25, -0.2) is 14.7 Å². The van der Waals surface area contributed by atoms with Gasteiger partial charge in [-0.3, -0.25) is 34.1 Å². The molecule has 0 aromatic rings. The number of aliphatic hydroxyl groups is 1. The number of hydrogen-bond donors (Lipinski definition) is 7.